The Hall–Kier alpha value is -0.730. The maximum absolute atomic E-state index is 9.32. The van der Waals surface area contributed by atoms with E-state index in [0.29, 0.717) is 0 Å². The molecule has 0 radical (unpaired) electrons. The van der Waals surface area contributed by atoms with Crippen molar-refractivity contribution >= 4 is 0 Å². The third kappa shape index (κ3) is 1.23. The number of rotatable bonds is 1. The van der Waals surface area contributed by atoms with Crippen molar-refractivity contribution in [3.05, 3.63) is 10.4 Å². The zero-order valence-corrected chi connectivity index (χ0v) is 5.94. The zero-order valence-electron chi connectivity index (χ0n) is 5.94. The molecule has 3 atom stereocenters. The minimum atomic E-state index is -0.420. The molecule has 1 N–H and O–H groups in total. The second-order valence-electron chi connectivity index (χ2n) is 2.82. The lowest BCUT2D eigenvalue weighted by Gasteiger charge is -2.10. The van der Waals surface area contributed by atoms with Crippen molar-refractivity contribution in [2.24, 2.45) is 11.0 Å². The van der Waals surface area contributed by atoms with Crippen molar-refractivity contribution in [3.8, 4) is 0 Å². The van der Waals surface area contributed by atoms with Crippen LogP contribution in [0.5, 0.6) is 0 Å². The molecule has 1 fully saturated rings. The van der Waals surface area contributed by atoms with E-state index in [9.17, 15) is 5.11 Å². The van der Waals surface area contributed by atoms with E-state index in [1.54, 1.807) is 0 Å². The van der Waals surface area contributed by atoms with Gasteiger partial charge in [0.2, 0.25) is 0 Å². The van der Waals surface area contributed by atoms with Crippen LogP contribution in [0.1, 0.15) is 19.8 Å². The highest BCUT2D eigenvalue weighted by molar-refractivity contribution is 4.87. The van der Waals surface area contributed by atoms with Crippen LogP contribution in [0, 0.1) is 5.92 Å². The first-order valence-electron chi connectivity index (χ1n) is 3.48. The molecule has 10 heavy (non-hydrogen) atoms. The number of aliphatic hydroxyl groups is 1. The van der Waals surface area contributed by atoms with Gasteiger partial charge in [-0.3, -0.25) is 0 Å². The highest BCUT2D eigenvalue weighted by Gasteiger charge is 2.30. The minimum absolute atomic E-state index is 0.181. The molecule has 0 aromatic rings. The van der Waals surface area contributed by atoms with Crippen LogP contribution in [0.25, 0.3) is 10.4 Å². The molecule has 0 amide bonds. The molecule has 1 aliphatic carbocycles. The molecule has 0 saturated heterocycles. The van der Waals surface area contributed by atoms with Gasteiger partial charge in [0.05, 0.1) is 12.1 Å². The molecule has 0 unspecified atom stereocenters. The summed E-state index contributed by atoms with van der Waals surface area (Å²) >= 11 is 0. The van der Waals surface area contributed by atoms with Gasteiger partial charge in [0, 0.05) is 4.91 Å². The van der Waals surface area contributed by atoms with Gasteiger partial charge >= 0.3 is 0 Å². The normalized spacial score (nSPS) is 39.2. The topological polar surface area (TPSA) is 69.0 Å². The van der Waals surface area contributed by atoms with E-state index in [4.69, 9.17) is 5.53 Å². The fourth-order valence-electron chi connectivity index (χ4n) is 1.35. The first-order chi connectivity index (χ1) is 4.75. The number of aliphatic hydroxyl groups excluding tert-OH is 1. The van der Waals surface area contributed by atoms with Crippen molar-refractivity contribution < 1.29 is 5.11 Å². The lowest BCUT2D eigenvalue weighted by atomic mass is 10.1. The van der Waals surface area contributed by atoms with Crippen LogP contribution in [0.15, 0.2) is 5.11 Å². The van der Waals surface area contributed by atoms with Crippen molar-refractivity contribution in [1.29, 1.82) is 0 Å². The van der Waals surface area contributed by atoms with Crippen molar-refractivity contribution in [3.63, 3.8) is 0 Å². The summed E-state index contributed by atoms with van der Waals surface area (Å²) in [5.41, 5.74) is 8.08. The van der Waals surface area contributed by atoms with Crippen LogP contribution in [0.4, 0.5) is 0 Å². The number of hydrogen-bond acceptors (Lipinski definition) is 2. The summed E-state index contributed by atoms with van der Waals surface area (Å²) in [4.78, 5) is 2.67. The van der Waals surface area contributed by atoms with E-state index in [1.807, 2.05) is 6.92 Å². The molecule has 0 spiro atoms. The van der Waals surface area contributed by atoms with E-state index >= 15 is 0 Å². The summed E-state index contributed by atoms with van der Waals surface area (Å²) in [6, 6.07) is -0.181. The second-order valence-corrected chi connectivity index (χ2v) is 2.82. The molecule has 4 nitrogen and oxygen atoms in total. The molecule has 1 saturated carbocycles. The number of hydrogen-bond donors (Lipinski definition) is 1. The van der Waals surface area contributed by atoms with Gasteiger partial charge in [-0.05, 0) is 24.3 Å². The van der Waals surface area contributed by atoms with Crippen LogP contribution >= 0.6 is 0 Å². The van der Waals surface area contributed by atoms with Crippen molar-refractivity contribution in [1.82, 2.24) is 0 Å². The summed E-state index contributed by atoms with van der Waals surface area (Å²) in [6.45, 7) is 1.97. The van der Waals surface area contributed by atoms with Gasteiger partial charge in [-0.1, -0.05) is 12.0 Å². The highest BCUT2D eigenvalue weighted by Crippen LogP contribution is 2.27. The molecule has 0 aromatic carbocycles. The minimum Gasteiger partial charge on any atom is -0.392 e. The summed E-state index contributed by atoms with van der Waals surface area (Å²) in [5.74, 6) is 0.287. The lowest BCUT2D eigenvalue weighted by molar-refractivity contribution is 0.126. The van der Waals surface area contributed by atoms with Gasteiger partial charge in [-0.15, -0.1) is 0 Å². The Balaban J connectivity index is 2.56. The molecule has 0 bridgehead atoms. The van der Waals surface area contributed by atoms with Crippen LogP contribution in [0.2, 0.25) is 0 Å². The SMILES string of the molecule is C[C@H]1CC[C@@H](N=[N+]=[N-])[C@@H]1O. The third-order valence-electron chi connectivity index (χ3n) is 2.09. The van der Waals surface area contributed by atoms with Crippen LogP contribution < -0.4 is 0 Å². The summed E-state index contributed by atoms with van der Waals surface area (Å²) < 4.78 is 0. The maximum Gasteiger partial charge on any atom is 0.0650 e. The van der Waals surface area contributed by atoms with Crippen molar-refractivity contribution in [2.75, 3.05) is 0 Å². The Labute approximate surface area is 59.5 Å². The van der Waals surface area contributed by atoms with E-state index in [1.165, 1.54) is 0 Å². The van der Waals surface area contributed by atoms with Gasteiger partial charge in [-0.2, -0.15) is 0 Å². The smallest absolute Gasteiger partial charge is 0.0650 e. The van der Waals surface area contributed by atoms with E-state index in [-0.39, 0.29) is 12.0 Å². The molecular weight excluding hydrogens is 130 g/mol. The summed E-state index contributed by atoms with van der Waals surface area (Å²) in [6.07, 6.45) is 1.37. The fraction of sp³-hybridized carbons (Fsp3) is 1.00. The summed E-state index contributed by atoms with van der Waals surface area (Å²) in [7, 11) is 0. The maximum atomic E-state index is 9.32. The first-order valence-corrected chi connectivity index (χ1v) is 3.48. The number of nitrogens with zero attached hydrogens (tertiary/aromatic N) is 3. The largest absolute Gasteiger partial charge is 0.392 e. The first kappa shape index (κ1) is 7.38. The van der Waals surface area contributed by atoms with Gasteiger partial charge in [0.15, 0.2) is 0 Å². The zero-order chi connectivity index (χ0) is 7.56. The predicted molar refractivity (Wildman–Crippen MR) is 37.3 cm³/mol. The average Bonchev–Trinajstić information content (AvgIpc) is 2.20. The molecule has 0 aliphatic heterocycles. The Kier molecular flexibility index (Phi) is 2.14. The summed E-state index contributed by atoms with van der Waals surface area (Å²) in [5, 5.41) is 12.8. The Morgan fingerprint density at radius 2 is 2.30 bits per heavy atom. The third-order valence-corrected chi connectivity index (χ3v) is 2.09. The fourth-order valence-corrected chi connectivity index (χ4v) is 1.35. The molecular formula is C6H11N3O. The molecule has 0 aromatic heterocycles. The second kappa shape index (κ2) is 2.90. The molecule has 4 heteroatoms. The van der Waals surface area contributed by atoms with E-state index < -0.39 is 6.10 Å². The monoisotopic (exact) mass is 141 g/mol. The van der Waals surface area contributed by atoms with E-state index in [2.05, 4.69) is 10.0 Å². The molecule has 1 aliphatic rings. The number of azide groups is 1. The molecule has 56 valence electrons. The molecule has 1 rings (SSSR count). The Morgan fingerprint density at radius 1 is 1.60 bits per heavy atom. The standard InChI is InChI=1S/C6H11N3O/c1-4-2-3-5(6(4)10)8-9-7/h4-6,10H,2-3H2,1H3/t4-,5+,6+/m0/s1. The lowest BCUT2D eigenvalue weighted by Crippen LogP contribution is -2.21. The van der Waals surface area contributed by atoms with E-state index in [0.717, 1.165) is 12.8 Å². The van der Waals surface area contributed by atoms with Crippen LogP contribution in [-0.4, -0.2) is 17.3 Å². The van der Waals surface area contributed by atoms with Crippen molar-refractivity contribution in [2.45, 2.75) is 31.9 Å². The van der Waals surface area contributed by atoms with Crippen LogP contribution in [-0.2, 0) is 0 Å². The predicted octanol–water partition coefficient (Wildman–Crippen LogP) is 1.46. The van der Waals surface area contributed by atoms with Crippen LogP contribution in [0.3, 0.4) is 0 Å². The Morgan fingerprint density at radius 3 is 2.70 bits per heavy atom. The van der Waals surface area contributed by atoms with Gasteiger partial charge < -0.3 is 5.11 Å². The molecule has 0 heterocycles. The highest BCUT2D eigenvalue weighted by atomic mass is 16.3. The quantitative estimate of drug-likeness (QED) is 0.335. The van der Waals surface area contributed by atoms with Gasteiger partial charge in [0.25, 0.3) is 0 Å². The van der Waals surface area contributed by atoms with Gasteiger partial charge in [0.1, 0.15) is 0 Å². The average molecular weight is 141 g/mol. The van der Waals surface area contributed by atoms with Gasteiger partial charge in [-0.25, -0.2) is 0 Å². The Bertz CT molecular complexity index is 164.